The fourth-order valence-corrected chi connectivity index (χ4v) is 2.42. The summed E-state index contributed by atoms with van der Waals surface area (Å²) in [6, 6.07) is 9.71. The Bertz CT molecular complexity index is 1070. The van der Waals surface area contributed by atoms with Gasteiger partial charge in [-0.2, -0.15) is 13.2 Å². The second-order valence-electron chi connectivity index (χ2n) is 6.29. The van der Waals surface area contributed by atoms with E-state index in [1.54, 1.807) is 23.5 Å². The first-order chi connectivity index (χ1) is 15.1. The number of ether oxygens (including phenoxy) is 2. The summed E-state index contributed by atoms with van der Waals surface area (Å²) in [5.41, 5.74) is -0.270. The zero-order chi connectivity index (χ0) is 23.7. The molecule has 2 rings (SSSR count). The van der Waals surface area contributed by atoms with E-state index < -0.39 is 24.0 Å². The molecule has 10 heteroatoms. The van der Waals surface area contributed by atoms with E-state index in [9.17, 15) is 27.6 Å². The van der Waals surface area contributed by atoms with Crippen molar-refractivity contribution in [2.75, 3.05) is 19.0 Å². The van der Waals surface area contributed by atoms with E-state index in [-0.39, 0.29) is 23.4 Å². The molecule has 0 heterocycles. The summed E-state index contributed by atoms with van der Waals surface area (Å²) < 4.78 is 47.8. The van der Waals surface area contributed by atoms with Gasteiger partial charge in [0.05, 0.1) is 30.5 Å². The lowest BCUT2D eigenvalue weighted by Crippen LogP contribution is -2.30. The van der Waals surface area contributed by atoms with E-state index in [4.69, 9.17) is 9.84 Å². The summed E-state index contributed by atoms with van der Waals surface area (Å²) in [7, 11) is 1.27. The minimum absolute atomic E-state index is 0.0410. The number of anilines is 1. The Morgan fingerprint density at radius 2 is 1.84 bits per heavy atom. The molecule has 2 N–H and O–H groups in total. The molecule has 0 fully saturated rings. The van der Waals surface area contributed by atoms with Crippen LogP contribution in [0.25, 0.3) is 0 Å². The fourth-order valence-electron chi connectivity index (χ4n) is 2.42. The zero-order valence-electron chi connectivity index (χ0n) is 16.8. The first kappa shape index (κ1) is 24.3. The number of carboxylic acids is 1. The average Bonchev–Trinajstić information content (AvgIpc) is 2.75. The molecule has 2 aromatic carbocycles. The molecule has 1 amide bonds. The van der Waals surface area contributed by atoms with Gasteiger partial charge in [0.2, 0.25) is 0 Å². The summed E-state index contributed by atoms with van der Waals surface area (Å²) >= 11 is 0. The summed E-state index contributed by atoms with van der Waals surface area (Å²) in [5.74, 6) is 1.74. The van der Waals surface area contributed by atoms with Gasteiger partial charge in [0.1, 0.15) is 5.75 Å². The van der Waals surface area contributed by atoms with Gasteiger partial charge in [0.25, 0.3) is 0 Å². The number of aromatic carboxylic acids is 1. The Morgan fingerprint density at radius 3 is 2.50 bits per heavy atom. The van der Waals surface area contributed by atoms with Gasteiger partial charge < -0.3 is 19.9 Å². The molecule has 2 aromatic rings. The molecule has 7 nitrogen and oxygen atoms in total. The molecule has 0 atom stereocenters. The normalized spacial score (nSPS) is 10.5. The van der Waals surface area contributed by atoms with Gasteiger partial charge in [0.15, 0.2) is 0 Å². The Hall–Kier alpha value is -4.00. The number of benzene rings is 2. The van der Waals surface area contributed by atoms with E-state index in [0.717, 1.165) is 6.07 Å². The molecular weight excluding hydrogens is 431 g/mol. The van der Waals surface area contributed by atoms with Crippen molar-refractivity contribution >= 4 is 23.5 Å². The van der Waals surface area contributed by atoms with Crippen molar-refractivity contribution in [1.29, 1.82) is 0 Å². The number of alkyl halides is 3. The van der Waals surface area contributed by atoms with Crippen LogP contribution in [0.5, 0.6) is 5.75 Å². The zero-order valence-corrected chi connectivity index (χ0v) is 16.8. The number of hydrogen-bond acceptors (Lipinski definition) is 5. The Kier molecular flexibility index (Phi) is 8.24. The molecule has 32 heavy (non-hydrogen) atoms. The average molecular weight is 449 g/mol. The van der Waals surface area contributed by atoms with E-state index in [1.165, 1.54) is 25.3 Å². The molecule has 0 unspecified atom stereocenters. The van der Waals surface area contributed by atoms with Gasteiger partial charge in [-0.1, -0.05) is 17.9 Å². The third-order valence-corrected chi connectivity index (χ3v) is 3.97. The van der Waals surface area contributed by atoms with Crippen molar-refractivity contribution < 1.29 is 42.1 Å². The van der Waals surface area contributed by atoms with Crippen molar-refractivity contribution in [3.8, 4) is 17.6 Å². The van der Waals surface area contributed by atoms with Crippen LogP contribution in [0.15, 0.2) is 42.5 Å². The largest absolute Gasteiger partial charge is 0.494 e. The quantitative estimate of drug-likeness (QED) is 0.378. The molecule has 0 aliphatic heterocycles. The Balaban J connectivity index is 2.00. The number of unbranched alkanes of at least 4 members (excludes halogenated alkanes) is 1. The topological polar surface area (TPSA) is 102 Å². The lowest BCUT2D eigenvalue weighted by molar-refractivity contribution is -0.167. The van der Waals surface area contributed by atoms with E-state index in [0.29, 0.717) is 24.2 Å². The number of carbonyl (C=O) groups excluding carboxylic acids is 2. The number of carboxylic acid groups (broad SMARTS) is 1. The van der Waals surface area contributed by atoms with Crippen LogP contribution < -0.4 is 10.1 Å². The van der Waals surface area contributed by atoms with Gasteiger partial charge >= 0.3 is 24.0 Å². The molecule has 0 radical (unpaired) electrons. The molecular formula is C22H18F3NO6. The molecule has 168 valence electrons. The summed E-state index contributed by atoms with van der Waals surface area (Å²) in [6.07, 6.45) is -4.36. The van der Waals surface area contributed by atoms with Crippen molar-refractivity contribution in [3.63, 3.8) is 0 Å². The van der Waals surface area contributed by atoms with Gasteiger partial charge in [-0.15, -0.1) is 0 Å². The van der Waals surface area contributed by atoms with Crippen LogP contribution in [-0.2, 0) is 9.53 Å². The highest BCUT2D eigenvalue weighted by molar-refractivity contribution is 5.98. The highest BCUT2D eigenvalue weighted by Crippen LogP contribution is 2.22. The number of rotatable bonds is 7. The molecule has 0 saturated carbocycles. The van der Waals surface area contributed by atoms with Crippen LogP contribution in [0, 0.1) is 11.8 Å². The van der Waals surface area contributed by atoms with Crippen LogP contribution in [0.3, 0.4) is 0 Å². The maximum Gasteiger partial charge on any atom is 0.471 e. The summed E-state index contributed by atoms with van der Waals surface area (Å²) in [5, 5.41) is 10.7. The number of carbonyl (C=O) groups is 3. The van der Waals surface area contributed by atoms with Crippen LogP contribution >= 0.6 is 0 Å². The summed E-state index contributed by atoms with van der Waals surface area (Å²) in [4.78, 5) is 33.8. The number of halogens is 3. The highest BCUT2D eigenvalue weighted by atomic mass is 19.4. The van der Waals surface area contributed by atoms with Gasteiger partial charge in [0, 0.05) is 12.0 Å². The van der Waals surface area contributed by atoms with Gasteiger partial charge in [-0.25, -0.2) is 9.59 Å². The number of amides is 1. The minimum atomic E-state index is -5.13. The predicted octanol–water partition coefficient (Wildman–Crippen LogP) is 3.88. The number of methoxy groups -OCH3 is 1. The SMILES string of the molecule is COC(=O)c1cccc(OCCCC#Cc2ccc(C(=O)O)cc2NC(=O)C(F)(F)F)c1. The van der Waals surface area contributed by atoms with Crippen LogP contribution in [0.1, 0.15) is 39.1 Å². The minimum Gasteiger partial charge on any atom is -0.494 e. The summed E-state index contributed by atoms with van der Waals surface area (Å²) in [6.45, 7) is 0.259. The van der Waals surface area contributed by atoms with Crippen molar-refractivity contribution in [3.05, 3.63) is 59.2 Å². The monoisotopic (exact) mass is 449 g/mol. The predicted molar refractivity (Wildman–Crippen MR) is 107 cm³/mol. The lowest BCUT2D eigenvalue weighted by Gasteiger charge is -2.10. The molecule has 0 aliphatic carbocycles. The van der Waals surface area contributed by atoms with Crippen molar-refractivity contribution in [1.82, 2.24) is 0 Å². The van der Waals surface area contributed by atoms with Crippen LogP contribution in [-0.4, -0.2) is 42.8 Å². The first-order valence-electron chi connectivity index (χ1n) is 9.17. The molecule has 0 spiro atoms. The van der Waals surface area contributed by atoms with Gasteiger partial charge in [-0.3, -0.25) is 4.79 Å². The second-order valence-corrected chi connectivity index (χ2v) is 6.29. The number of hydrogen-bond donors (Lipinski definition) is 2. The smallest absolute Gasteiger partial charge is 0.471 e. The molecule has 0 aliphatic rings. The lowest BCUT2D eigenvalue weighted by atomic mass is 10.1. The van der Waals surface area contributed by atoms with Crippen molar-refractivity contribution in [2.24, 2.45) is 0 Å². The fraction of sp³-hybridized carbons (Fsp3) is 0.227. The van der Waals surface area contributed by atoms with Gasteiger partial charge in [-0.05, 0) is 42.8 Å². The van der Waals surface area contributed by atoms with Crippen molar-refractivity contribution in [2.45, 2.75) is 19.0 Å². The van der Waals surface area contributed by atoms with Crippen LogP contribution in [0.2, 0.25) is 0 Å². The number of nitrogens with one attached hydrogen (secondary N) is 1. The van der Waals surface area contributed by atoms with Crippen LogP contribution in [0.4, 0.5) is 18.9 Å². The molecule has 0 aromatic heterocycles. The van der Waals surface area contributed by atoms with E-state index >= 15 is 0 Å². The highest BCUT2D eigenvalue weighted by Gasteiger charge is 2.39. The second kappa shape index (κ2) is 10.9. The molecule has 0 bridgehead atoms. The molecule has 0 saturated heterocycles. The number of esters is 1. The first-order valence-corrected chi connectivity index (χ1v) is 9.17. The van der Waals surface area contributed by atoms with E-state index in [2.05, 4.69) is 16.6 Å². The Labute approximate surface area is 181 Å². The third-order valence-electron chi connectivity index (χ3n) is 3.97. The van der Waals surface area contributed by atoms with E-state index in [1.807, 2.05) is 0 Å². The standard InChI is InChI=1S/C22H18F3NO6/c1-31-20(29)16-7-5-8-17(12-16)32-11-4-2-3-6-14-9-10-15(19(27)28)13-18(14)26-21(30)22(23,24)25/h5,7-10,12-13H,2,4,11H2,1H3,(H,26,30)(H,27,28). The Morgan fingerprint density at radius 1 is 1.09 bits per heavy atom. The third kappa shape index (κ3) is 7.05. The maximum absolute atomic E-state index is 12.5. The maximum atomic E-state index is 12.5.